The van der Waals surface area contributed by atoms with Crippen LogP contribution in [0.4, 0.5) is 0 Å². The monoisotopic (exact) mass is 318 g/mol. The number of likely N-dealkylation sites (tertiary alicyclic amines) is 1. The third-order valence-corrected chi connectivity index (χ3v) is 5.23. The highest BCUT2D eigenvalue weighted by molar-refractivity contribution is 5.86. The first-order valence-electron chi connectivity index (χ1n) is 8.78. The van der Waals surface area contributed by atoms with E-state index < -0.39 is 0 Å². The highest BCUT2D eigenvalue weighted by Crippen LogP contribution is 2.35. The van der Waals surface area contributed by atoms with Gasteiger partial charge in [-0.2, -0.15) is 0 Å². The smallest absolute Gasteiger partial charge is 0.250 e. The number of nitrogens with one attached hydrogen (secondary N) is 2. The lowest BCUT2D eigenvalue weighted by Gasteiger charge is -2.46. The molecule has 23 heavy (non-hydrogen) atoms. The Kier molecular flexibility index (Phi) is 5.10. The van der Waals surface area contributed by atoms with Crippen molar-refractivity contribution in [3.8, 4) is 0 Å². The third kappa shape index (κ3) is 3.63. The van der Waals surface area contributed by atoms with E-state index in [4.69, 9.17) is 0 Å². The fourth-order valence-corrected chi connectivity index (χ4v) is 3.99. The molecule has 0 radical (unpaired) electrons. The lowest BCUT2D eigenvalue weighted by molar-refractivity contribution is -0.137. The number of aromatic nitrogens is 2. The van der Waals surface area contributed by atoms with Gasteiger partial charge < -0.3 is 10.3 Å². The molecule has 0 aromatic carbocycles. The Morgan fingerprint density at radius 1 is 1.17 bits per heavy atom. The van der Waals surface area contributed by atoms with E-state index in [1.165, 1.54) is 38.1 Å². The van der Waals surface area contributed by atoms with Crippen LogP contribution >= 0.6 is 0 Å². The standard InChI is InChI=1S/C17H26N4O2/c22-15-11-14(19-13-20-15)12-18-16(23)17(7-3-1-4-8-17)21-9-5-2-6-10-21/h11,13H,1-10,12H2,(H,18,23)(H,19,20,22). The van der Waals surface area contributed by atoms with Crippen LogP contribution in [-0.4, -0.2) is 39.4 Å². The quantitative estimate of drug-likeness (QED) is 0.883. The normalized spacial score (nSPS) is 21.7. The summed E-state index contributed by atoms with van der Waals surface area (Å²) in [6, 6.07) is 1.44. The van der Waals surface area contributed by atoms with Crippen LogP contribution in [0.25, 0.3) is 0 Å². The van der Waals surface area contributed by atoms with Gasteiger partial charge in [0.1, 0.15) is 5.54 Å². The van der Waals surface area contributed by atoms with Gasteiger partial charge in [0.15, 0.2) is 0 Å². The zero-order chi connectivity index (χ0) is 16.1. The van der Waals surface area contributed by atoms with E-state index in [9.17, 15) is 9.59 Å². The Hall–Kier alpha value is -1.69. The maximum atomic E-state index is 13.0. The summed E-state index contributed by atoms with van der Waals surface area (Å²) < 4.78 is 0. The molecule has 2 aliphatic rings. The Morgan fingerprint density at radius 3 is 2.57 bits per heavy atom. The number of rotatable bonds is 4. The number of carbonyl (C=O) groups excluding carboxylic acids is 1. The number of hydrogen-bond acceptors (Lipinski definition) is 4. The maximum absolute atomic E-state index is 13.0. The number of amides is 1. The predicted molar refractivity (Wildman–Crippen MR) is 87.9 cm³/mol. The first kappa shape index (κ1) is 16.2. The molecule has 0 atom stereocenters. The lowest BCUT2D eigenvalue weighted by atomic mass is 9.78. The zero-order valence-electron chi connectivity index (χ0n) is 13.6. The molecular weight excluding hydrogens is 292 g/mol. The number of aromatic amines is 1. The van der Waals surface area contributed by atoms with E-state index >= 15 is 0 Å². The average Bonchev–Trinajstić information content (AvgIpc) is 2.61. The highest BCUT2D eigenvalue weighted by atomic mass is 16.2. The van der Waals surface area contributed by atoms with Crippen LogP contribution in [0.2, 0.25) is 0 Å². The molecule has 1 amide bonds. The number of nitrogens with zero attached hydrogens (tertiary/aromatic N) is 2. The largest absolute Gasteiger partial charge is 0.349 e. The average molecular weight is 318 g/mol. The van der Waals surface area contributed by atoms with Crippen LogP contribution in [0.3, 0.4) is 0 Å². The molecule has 2 fully saturated rings. The van der Waals surface area contributed by atoms with Gasteiger partial charge in [0.25, 0.3) is 5.56 Å². The summed E-state index contributed by atoms with van der Waals surface area (Å²) in [5.74, 6) is 0.112. The number of hydrogen-bond donors (Lipinski definition) is 2. The van der Waals surface area contributed by atoms with Crippen molar-refractivity contribution >= 4 is 5.91 Å². The van der Waals surface area contributed by atoms with Crippen LogP contribution in [0, 0.1) is 0 Å². The number of carbonyl (C=O) groups is 1. The lowest BCUT2D eigenvalue weighted by Crippen LogP contribution is -2.60. The summed E-state index contributed by atoms with van der Waals surface area (Å²) in [6.07, 6.45) is 10.4. The van der Waals surface area contributed by atoms with Crippen molar-refractivity contribution in [1.82, 2.24) is 20.2 Å². The topological polar surface area (TPSA) is 78.1 Å². The summed E-state index contributed by atoms with van der Waals surface area (Å²) in [5.41, 5.74) is 0.0687. The van der Waals surface area contributed by atoms with Crippen molar-refractivity contribution in [3.05, 3.63) is 28.4 Å². The Bertz CT molecular complexity index is 586. The van der Waals surface area contributed by atoms with Crippen LogP contribution in [-0.2, 0) is 11.3 Å². The molecule has 126 valence electrons. The van der Waals surface area contributed by atoms with Crippen molar-refractivity contribution in [3.63, 3.8) is 0 Å². The van der Waals surface area contributed by atoms with Crippen molar-refractivity contribution < 1.29 is 4.79 Å². The van der Waals surface area contributed by atoms with Crippen molar-refractivity contribution in [2.24, 2.45) is 0 Å². The van der Waals surface area contributed by atoms with Gasteiger partial charge in [0.2, 0.25) is 5.91 Å². The van der Waals surface area contributed by atoms with Crippen LogP contribution in [0.15, 0.2) is 17.2 Å². The molecule has 1 aliphatic carbocycles. The molecule has 1 aromatic heterocycles. The van der Waals surface area contributed by atoms with Gasteiger partial charge in [0, 0.05) is 6.07 Å². The molecule has 6 nitrogen and oxygen atoms in total. The van der Waals surface area contributed by atoms with Crippen LogP contribution < -0.4 is 10.9 Å². The summed E-state index contributed by atoms with van der Waals surface area (Å²) in [4.78, 5) is 33.4. The van der Waals surface area contributed by atoms with Gasteiger partial charge >= 0.3 is 0 Å². The van der Waals surface area contributed by atoms with E-state index in [2.05, 4.69) is 20.2 Å². The second-order valence-electron chi connectivity index (χ2n) is 6.73. The van der Waals surface area contributed by atoms with Crippen LogP contribution in [0.5, 0.6) is 0 Å². The minimum absolute atomic E-state index is 0.112. The van der Waals surface area contributed by atoms with Gasteiger partial charge in [-0.1, -0.05) is 25.7 Å². The van der Waals surface area contributed by atoms with Gasteiger partial charge in [-0.3, -0.25) is 14.5 Å². The molecule has 1 aromatic rings. The molecule has 0 bridgehead atoms. The summed E-state index contributed by atoms with van der Waals surface area (Å²) in [6.45, 7) is 2.37. The third-order valence-electron chi connectivity index (χ3n) is 5.23. The molecule has 1 aliphatic heterocycles. The highest BCUT2D eigenvalue weighted by Gasteiger charge is 2.44. The van der Waals surface area contributed by atoms with Gasteiger partial charge in [0.05, 0.1) is 18.6 Å². The van der Waals surface area contributed by atoms with Gasteiger partial charge in [-0.15, -0.1) is 0 Å². The Labute approximate surface area is 136 Å². The summed E-state index contributed by atoms with van der Waals surface area (Å²) >= 11 is 0. The fourth-order valence-electron chi connectivity index (χ4n) is 3.99. The molecular formula is C17H26N4O2. The minimum atomic E-state index is -0.347. The molecule has 0 unspecified atom stereocenters. The Balaban J connectivity index is 1.71. The second kappa shape index (κ2) is 7.25. The predicted octanol–water partition coefficient (Wildman–Crippen LogP) is 1.57. The zero-order valence-corrected chi connectivity index (χ0v) is 13.6. The van der Waals surface area contributed by atoms with Crippen molar-refractivity contribution in [2.45, 2.75) is 63.5 Å². The molecule has 2 heterocycles. The first-order chi connectivity index (χ1) is 11.2. The summed E-state index contributed by atoms with van der Waals surface area (Å²) in [7, 11) is 0. The molecule has 1 saturated carbocycles. The second-order valence-corrected chi connectivity index (χ2v) is 6.73. The van der Waals surface area contributed by atoms with Crippen molar-refractivity contribution in [2.75, 3.05) is 13.1 Å². The van der Waals surface area contributed by atoms with E-state index in [0.717, 1.165) is 38.8 Å². The first-order valence-corrected chi connectivity index (χ1v) is 8.78. The fraction of sp³-hybridized carbons (Fsp3) is 0.706. The maximum Gasteiger partial charge on any atom is 0.250 e. The van der Waals surface area contributed by atoms with Gasteiger partial charge in [-0.25, -0.2) is 4.98 Å². The number of H-pyrrole nitrogens is 1. The molecule has 1 saturated heterocycles. The SMILES string of the molecule is O=C(NCc1cc(=O)[nH]cn1)C1(N2CCCCC2)CCCCC1. The van der Waals surface area contributed by atoms with Crippen molar-refractivity contribution in [1.29, 1.82) is 0 Å². The van der Waals surface area contributed by atoms with Crippen LogP contribution in [0.1, 0.15) is 57.1 Å². The minimum Gasteiger partial charge on any atom is -0.349 e. The molecule has 6 heteroatoms. The summed E-state index contributed by atoms with van der Waals surface area (Å²) in [5, 5.41) is 3.04. The van der Waals surface area contributed by atoms with E-state index in [1.807, 2.05) is 0 Å². The number of piperidine rings is 1. The molecule has 2 N–H and O–H groups in total. The molecule has 3 rings (SSSR count). The van der Waals surface area contributed by atoms with E-state index in [0.29, 0.717) is 12.2 Å². The van der Waals surface area contributed by atoms with Gasteiger partial charge in [-0.05, 0) is 38.8 Å². The van der Waals surface area contributed by atoms with E-state index in [1.54, 1.807) is 0 Å². The Morgan fingerprint density at radius 2 is 1.87 bits per heavy atom. The van der Waals surface area contributed by atoms with E-state index in [-0.39, 0.29) is 17.0 Å². The molecule has 0 spiro atoms.